The Kier molecular flexibility index (Phi) is 55.4. The molecule has 0 amide bonds. The molecular weight excluding hydrogens is 1120 g/mol. The van der Waals surface area contributed by atoms with Gasteiger partial charge in [-0.15, -0.1) is 0 Å². The summed E-state index contributed by atoms with van der Waals surface area (Å²) >= 11 is 0. The molecule has 0 heterocycles. The summed E-state index contributed by atoms with van der Waals surface area (Å²) in [5.41, 5.74) is -1.14. The SMILES string of the molecule is C=CC(=O)OCCOCCOCCCC(CCCOCCOCCOC(=O)C=C)(COCCOCCOC(=O)C=C)COCC(CCCOCCOCCOC(=O)C=C)(CCCOCCOCCOC(=O)C=C)COCCOCCOC(=O)C=C. The highest BCUT2D eigenvalue weighted by Gasteiger charge is 2.35. The highest BCUT2D eigenvalue weighted by molar-refractivity contribution is 5.82. The second-order valence-corrected chi connectivity index (χ2v) is 18.4. The molecular formula is C60H98O25. The zero-order valence-corrected chi connectivity index (χ0v) is 50.2. The van der Waals surface area contributed by atoms with Gasteiger partial charge in [-0.2, -0.15) is 0 Å². The van der Waals surface area contributed by atoms with Gasteiger partial charge in [0.2, 0.25) is 0 Å². The van der Waals surface area contributed by atoms with Crippen LogP contribution in [0.1, 0.15) is 51.4 Å². The Bertz CT molecular complexity index is 1570. The van der Waals surface area contributed by atoms with Crippen molar-refractivity contribution in [3.05, 3.63) is 75.9 Å². The summed E-state index contributed by atoms with van der Waals surface area (Å²) in [7, 11) is 0. The van der Waals surface area contributed by atoms with Crippen LogP contribution in [0.3, 0.4) is 0 Å². The predicted octanol–water partition coefficient (Wildman–Crippen LogP) is 4.67. The van der Waals surface area contributed by atoms with Crippen molar-refractivity contribution in [2.45, 2.75) is 51.4 Å². The fourth-order valence-corrected chi connectivity index (χ4v) is 7.46. The maximum atomic E-state index is 11.5. The van der Waals surface area contributed by atoms with Crippen LogP contribution in [0.5, 0.6) is 0 Å². The molecule has 488 valence electrons. The summed E-state index contributed by atoms with van der Waals surface area (Å²) in [4.78, 5) is 68.5. The van der Waals surface area contributed by atoms with E-state index in [2.05, 4.69) is 39.5 Å². The maximum absolute atomic E-state index is 11.5. The average Bonchev–Trinajstić information content (AvgIpc) is 3.64. The summed E-state index contributed by atoms with van der Waals surface area (Å²) < 4.78 is 107. The Morgan fingerprint density at radius 3 is 0.553 bits per heavy atom. The molecule has 0 aromatic rings. The molecule has 0 aromatic heterocycles. The van der Waals surface area contributed by atoms with Crippen molar-refractivity contribution in [1.29, 1.82) is 0 Å². The Morgan fingerprint density at radius 1 is 0.212 bits per heavy atom. The third kappa shape index (κ3) is 51.7. The van der Waals surface area contributed by atoms with Crippen molar-refractivity contribution in [2.24, 2.45) is 10.8 Å². The van der Waals surface area contributed by atoms with Gasteiger partial charge in [-0.1, -0.05) is 39.5 Å². The van der Waals surface area contributed by atoms with Crippen LogP contribution in [0.15, 0.2) is 75.9 Å². The summed E-state index contributed by atoms with van der Waals surface area (Å²) in [6.07, 6.45) is 11.5. The number of hydrogen-bond acceptors (Lipinski definition) is 25. The van der Waals surface area contributed by atoms with E-state index in [0.717, 1.165) is 36.5 Å². The normalized spacial score (nSPS) is 11.3. The molecule has 25 nitrogen and oxygen atoms in total. The topological polar surface area (TPSA) is 278 Å². The Hall–Kier alpha value is -5.26. The third-order valence-electron chi connectivity index (χ3n) is 11.7. The van der Waals surface area contributed by atoms with E-state index in [-0.39, 0.29) is 132 Å². The Morgan fingerprint density at radius 2 is 0.365 bits per heavy atom. The van der Waals surface area contributed by atoms with Gasteiger partial charge >= 0.3 is 35.8 Å². The van der Waals surface area contributed by atoms with Crippen molar-refractivity contribution in [2.75, 3.05) is 211 Å². The zero-order chi connectivity index (χ0) is 62.4. The van der Waals surface area contributed by atoms with Gasteiger partial charge in [0.05, 0.1) is 145 Å². The van der Waals surface area contributed by atoms with E-state index in [1.165, 1.54) is 0 Å². The zero-order valence-electron chi connectivity index (χ0n) is 50.2. The first-order valence-corrected chi connectivity index (χ1v) is 28.7. The number of esters is 6. The van der Waals surface area contributed by atoms with Crippen molar-refractivity contribution in [3.63, 3.8) is 0 Å². The van der Waals surface area contributed by atoms with Crippen molar-refractivity contribution in [1.82, 2.24) is 0 Å². The summed E-state index contributed by atoms with van der Waals surface area (Å²) in [5.74, 6) is -3.21. The first-order chi connectivity index (χ1) is 41.4. The molecule has 0 spiro atoms. The lowest BCUT2D eigenvalue weighted by Crippen LogP contribution is -2.38. The summed E-state index contributed by atoms with van der Waals surface area (Å²) in [5, 5.41) is 0. The average molecular weight is 1220 g/mol. The van der Waals surface area contributed by atoms with Crippen molar-refractivity contribution in [3.8, 4) is 0 Å². The Labute approximate surface area is 502 Å². The van der Waals surface area contributed by atoms with Gasteiger partial charge in [0.25, 0.3) is 0 Å². The van der Waals surface area contributed by atoms with Crippen molar-refractivity contribution < 1.29 is 119 Å². The quantitative estimate of drug-likeness (QED) is 0.0346. The van der Waals surface area contributed by atoms with E-state index < -0.39 is 46.6 Å². The monoisotopic (exact) mass is 1220 g/mol. The minimum atomic E-state index is -0.570. The Balaban J connectivity index is 6.58. The summed E-state index contributed by atoms with van der Waals surface area (Å²) in [6, 6.07) is 0. The van der Waals surface area contributed by atoms with Gasteiger partial charge in [-0.25, -0.2) is 28.8 Å². The molecule has 0 aliphatic rings. The van der Waals surface area contributed by atoms with Crippen molar-refractivity contribution >= 4 is 35.8 Å². The van der Waals surface area contributed by atoms with E-state index in [9.17, 15) is 28.8 Å². The standard InChI is InChI=1S/C60H98O25/c1-7-53(61)80-43-37-71-29-25-67-21-13-17-59(49-77-35-33-75-41-47-84-57(65)11-5,18-14-22-68-26-30-72-38-44-81-54(62)8-2)51-79-52-60(50-78-36-34-76-42-48-85-58(66)12-6,19-15-23-69-27-31-73-39-45-82-55(63)9-3)20-16-24-70-28-32-74-40-46-83-56(64)10-4/h7-12H,1-6,13-52H2. The lowest BCUT2D eigenvalue weighted by atomic mass is 9.79. The first-order valence-electron chi connectivity index (χ1n) is 28.7. The molecule has 0 fully saturated rings. The minimum absolute atomic E-state index is 0.0598. The molecule has 85 heavy (non-hydrogen) atoms. The number of hydrogen-bond donors (Lipinski definition) is 0. The van der Waals surface area contributed by atoms with Crippen LogP contribution in [0.25, 0.3) is 0 Å². The fraction of sp³-hybridized carbons (Fsp3) is 0.700. The molecule has 0 aliphatic heterocycles. The van der Waals surface area contributed by atoms with Gasteiger partial charge in [-0.3, -0.25) is 0 Å². The van der Waals surface area contributed by atoms with Crippen LogP contribution >= 0.6 is 0 Å². The van der Waals surface area contributed by atoms with Gasteiger partial charge in [0, 0.05) is 73.7 Å². The maximum Gasteiger partial charge on any atom is 0.330 e. The van der Waals surface area contributed by atoms with E-state index >= 15 is 0 Å². The minimum Gasteiger partial charge on any atom is -0.460 e. The number of rotatable bonds is 66. The van der Waals surface area contributed by atoms with E-state index in [0.29, 0.717) is 131 Å². The highest BCUT2D eigenvalue weighted by Crippen LogP contribution is 2.35. The lowest BCUT2D eigenvalue weighted by Gasteiger charge is -2.38. The number of carbonyl (C=O) groups is 6. The van der Waals surface area contributed by atoms with Gasteiger partial charge in [0.15, 0.2) is 0 Å². The molecule has 0 atom stereocenters. The molecule has 0 radical (unpaired) electrons. The molecule has 0 aliphatic carbocycles. The second-order valence-electron chi connectivity index (χ2n) is 18.4. The molecule has 0 bridgehead atoms. The molecule has 0 saturated heterocycles. The van der Waals surface area contributed by atoms with Gasteiger partial charge in [-0.05, 0) is 51.4 Å². The van der Waals surface area contributed by atoms with Crippen LogP contribution in [-0.4, -0.2) is 247 Å². The summed E-state index contributed by atoms with van der Waals surface area (Å²) in [6.45, 7) is 28.1. The van der Waals surface area contributed by atoms with E-state index in [4.69, 9.17) is 90.0 Å². The van der Waals surface area contributed by atoms with E-state index in [1.54, 1.807) is 0 Å². The number of ether oxygens (including phenoxy) is 19. The van der Waals surface area contributed by atoms with Crippen LogP contribution in [0.4, 0.5) is 0 Å². The molecule has 0 N–H and O–H groups in total. The van der Waals surface area contributed by atoms with Crippen LogP contribution in [0, 0.1) is 10.8 Å². The van der Waals surface area contributed by atoms with Gasteiger partial charge in [0.1, 0.15) is 39.6 Å². The highest BCUT2D eigenvalue weighted by atomic mass is 16.6. The first kappa shape index (κ1) is 79.7. The molecule has 0 saturated carbocycles. The molecule has 0 unspecified atom stereocenters. The van der Waals surface area contributed by atoms with Crippen LogP contribution < -0.4 is 0 Å². The third-order valence-corrected chi connectivity index (χ3v) is 11.7. The fourth-order valence-electron chi connectivity index (χ4n) is 7.46. The second kappa shape index (κ2) is 59.1. The van der Waals surface area contributed by atoms with E-state index in [1.807, 2.05) is 0 Å². The lowest BCUT2D eigenvalue weighted by molar-refractivity contribution is -0.140. The number of carbonyl (C=O) groups excluding carboxylic acids is 6. The molecule has 25 heteroatoms. The van der Waals surface area contributed by atoms with Crippen LogP contribution in [-0.2, 0) is 119 Å². The van der Waals surface area contributed by atoms with Crippen LogP contribution in [0.2, 0.25) is 0 Å². The predicted molar refractivity (Wildman–Crippen MR) is 309 cm³/mol. The molecule has 0 aromatic carbocycles. The molecule has 0 rings (SSSR count). The largest absolute Gasteiger partial charge is 0.460 e. The van der Waals surface area contributed by atoms with Gasteiger partial charge < -0.3 is 90.0 Å². The smallest absolute Gasteiger partial charge is 0.330 e.